The Kier molecular flexibility index (Phi) is 6.44. The summed E-state index contributed by atoms with van der Waals surface area (Å²) < 4.78 is 19.2. The van der Waals surface area contributed by atoms with Crippen molar-refractivity contribution in [2.45, 2.75) is 25.8 Å². The summed E-state index contributed by atoms with van der Waals surface area (Å²) in [6, 6.07) is 11.1. The number of hydrogen-bond donors (Lipinski definition) is 1. The molecule has 2 fully saturated rings. The second-order valence-electron chi connectivity index (χ2n) is 8.85. The van der Waals surface area contributed by atoms with Crippen molar-refractivity contribution in [3.8, 4) is 0 Å². The first-order chi connectivity index (χ1) is 16.5. The number of piperazine rings is 1. The Labute approximate surface area is 197 Å². The van der Waals surface area contributed by atoms with Crippen molar-refractivity contribution in [2.75, 3.05) is 44.6 Å². The average Bonchev–Trinajstić information content (AvgIpc) is 3.26. The molecule has 0 radical (unpaired) electrons. The number of fused-ring (bicyclic) bond motifs is 1. The van der Waals surface area contributed by atoms with Gasteiger partial charge in [-0.05, 0) is 55.7 Å². The smallest absolute Gasteiger partial charge is 0.321 e. The van der Waals surface area contributed by atoms with Crippen LogP contribution < -0.4 is 5.32 Å². The van der Waals surface area contributed by atoms with E-state index in [2.05, 4.69) is 15.2 Å². The van der Waals surface area contributed by atoms with E-state index in [1.807, 2.05) is 23.1 Å². The lowest BCUT2D eigenvalue weighted by atomic mass is 10.1. The lowest BCUT2D eigenvalue weighted by Crippen LogP contribution is -2.49. The number of carbonyl (C=O) groups excluding carboxylic acids is 2. The summed E-state index contributed by atoms with van der Waals surface area (Å²) in [5.74, 6) is 0.262. The van der Waals surface area contributed by atoms with Gasteiger partial charge in [0.2, 0.25) is 5.89 Å². The van der Waals surface area contributed by atoms with Gasteiger partial charge in [-0.3, -0.25) is 9.69 Å². The molecule has 1 N–H and O–H groups in total. The summed E-state index contributed by atoms with van der Waals surface area (Å²) in [5, 5.41) is 2.74. The van der Waals surface area contributed by atoms with Crippen LogP contribution >= 0.6 is 0 Å². The molecule has 3 amide bonds. The van der Waals surface area contributed by atoms with E-state index < -0.39 is 0 Å². The van der Waals surface area contributed by atoms with Gasteiger partial charge in [-0.25, -0.2) is 14.2 Å². The fourth-order valence-electron chi connectivity index (χ4n) is 4.52. The summed E-state index contributed by atoms with van der Waals surface area (Å²) in [7, 11) is 0. The Morgan fingerprint density at radius 1 is 0.941 bits per heavy atom. The first-order valence-electron chi connectivity index (χ1n) is 11.8. The second-order valence-corrected chi connectivity index (χ2v) is 8.85. The van der Waals surface area contributed by atoms with E-state index >= 15 is 0 Å². The molecule has 8 nitrogen and oxygen atoms in total. The number of halogens is 1. The molecule has 9 heteroatoms. The van der Waals surface area contributed by atoms with Crippen LogP contribution in [0.2, 0.25) is 0 Å². The highest BCUT2D eigenvalue weighted by Crippen LogP contribution is 2.21. The van der Waals surface area contributed by atoms with Gasteiger partial charge in [0.05, 0.1) is 6.54 Å². The SMILES string of the molecule is O=C(Nc1cccc(F)c1)N1CCN(Cc2nc3cc(C(=O)N4CCCCC4)ccc3o2)CC1. The van der Waals surface area contributed by atoms with Crippen molar-refractivity contribution < 1.29 is 18.4 Å². The van der Waals surface area contributed by atoms with Gasteiger partial charge < -0.3 is 19.5 Å². The fraction of sp³-hybridized carbons (Fsp3) is 0.400. The minimum atomic E-state index is -0.385. The third-order valence-electron chi connectivity index (χ3n) is 6.42. The summed E-state index contributed by atoms with van der Waals surface area (Å²) in [6.07, 6.45) is 3.30. The number of oxazole rings is 1. The second kappa shape index (κ2) is 9.80. The Morgan fingerprint density at radius 3 is 2.50 bits per heavy atom. The molecular weight excluding hydrogens is 437 g/mol. The van der Waals surface area contributed by atoms with Crippen LogP contribution in [-0.4, -0.2) is 70.9 Å². The number of amides is 3. The Bertz CT molecular complexity index is 1180. The molecule has 178 valence electrons. The van der Waals surface area contributed by atoms with E-state index in [9.17, 15) is 14.0 Å². The summed E-state index contributed by atoms with van der Waals surface area (Å²) in [5.41, 5.74) is 2.44. The van der Waals surface area contributed by atoms with Crippen LogP contribution in [0.15, 0.2) is 46.9 Å². The van der Waals surface area contributed by atoms with Gasteiger partial charge >= 0.3 is 6.03 Å². The number of anilines is 1. The minimum Gasteiger partial charge on any atom is -0.439 e. The van der Waals surface area contributed by atoms with Crippen molar-refractivity contribution in [1.29, 1.82) is 0 Å². The standard InChI is InChI=1S/C25H28FN5O3/c26-19-5-4-6-20(16-19)27-25(33)31-13-11-29(12-14-31)17-23-28-21-15-18(7-8-22(21)34-23)24(32)30-9-2-1-3-10-30/h4-8,15-16H,1-3,9-14,17H2,(H,27,33). The highest BCUT2D eigenvalue weighted by molar-refractivity contribution is 5.97. The first kappa shape index (κ1) is 22.3. The number of piperidine rings is 1. The normalized spacial score (nSPS) is 17.2. The number of benzene rings is 2. The molecule has 3 aromatic rings. The number of rotatable bonds is 4. The van der Waals surface area contributed by atoms with Crippen molar-refractivity contribution in [3.05, 3.63) is 59.7 Å². The minimum absolute atomic E-state index is 0.0544. The van der Waals surface area contributed by atoms with Crippen molar-refractivity contribution in [1.82, 2.24) is 19.7 Å². The maximum atomic E-state index is 13.3. The van der Waals surface area contributed by atoms with Crippen LogP contribution in [0, 0.1) is 5.82 Å². The Morgan fingerprint density at radius 2 is 1.74 bits per heavy atom. The molecule has 0 saturated carbocycles. The molecule has 3 heterocycles. The third-order valence-corrected chi connectivity index (χ3v) is 6.42. The van der Waals surface area contributed by atoms with Gasteiger partial charge in [0.25, 0.3) is 5.91 Å². The van der Waals surface area contributed by atoms with E-state index in [-0.39, 0.29) is 17.8 Å². The van der Waals surface area contributed by atoms with Crippen LogP contribution in [-0.2, 0) is 6.54 Å². The summed E-state index contributed by atoms with van der Waals surface area (Å²) in [6.45, 7) is 4.61. The maximum Gasteiger partial charge on any atom is 0.321 e. The van der Waals surface area contributed by atoms with Crippen LogP contribution in [0.4, 0.5) is 14.9 Å². The van der Waals surface area contributed by atoms with Gasteiger partial charge in [0.15, 0.2) is 5.58 Å². The molecule has 0 atom stereocenters. The number of aromatic nitrogens is 1. The summed E-state index contributed by atoms with van der Waals surface area (Å²) >= 11 is 0. The van der Waals surface area contributed by atoms with Gasteiger partial charge in [-0.15, -0.1) is 0 Å². The predicted molar refractivity (Wildman–Crippen MR) is 126 cm³/mol. The molecule has 1 aromatic heterocycles. The number of nitrogens with zero attached hydrogens (tertiary/aromatic N) is 4. The van der Waals surface area contributed by atoms with Crippen LogP contribution in [0.3, 0.4) is 0 Å². The molecule has 0 bridgehead atoms. The molecule has 0 aliphatic carbocycles. The van der Waals surface area contributed by atoms with Crippen LogP contribution in [0.5, 0.6) is 0 Å². The zero-order chi connectivity index (χ0) is 23.5. The zero-order valence-corrected chi connectivity index (χ0v) is 19.0. The van der Waals surface area contributed by atoms with E-state index in [1.54, 1.807) is 17.0 Å². The van der Waals surface area contributed by atoms with E-state index in [4.69, 9.17) is 4.42 Å². The molecule has 2 aliphatic rings. The third kappa shape index (κ3) is 5.04. The van der Waals surface area contributed by atoms with Gasteiger partial charge in [-0.1, -0.05) is 6.07 Å². The van der Waals surface area contributed by atoms with Crippen LogP contribution in [0.25, 0.3) is 11.1 Å². The van der Waals surface area contributed by atoms with E-state index in [0.29, 0.717) is 61.0 Å². The lowest BCUT2D eigenvalue weighted by molar-refractivity contribution is 0.0724. The zero-order valence-electron chi connectivity index (χ0n) is 19.0. The molecule has 34 heavy (non-hydrogen) atoms. The fourth-order valence-corrected chi connectivity index (χ4v) is 4.52. The maximum absolute atomic E-state index is 13.3. The molecule has 2 saturated heterocycles. The number of carbonyl (C=O) groups is 2. The average molecular weight is 466 g/mol. The van der Waals surface area contributed by atoms with Crippen molar-refractivity contribution in [3.63, 3.8) is 0 Å². The molecule has 0 unspecified atom stereocenters. The largest absolute Gasteiger partial charge is 0.439 e. The number of likely N-dealkylation sites (tertiary alicyclic amines) is 1. The Balaban J connectivity index is 1.16. The van der Waals surface area contributed by atoms with E-state index in [0.717, 1.165) is 25.9 Å². The van der Waals surface area contributed by atoms with Crippen LogP contribution in [0.1, 0.15) is 35.5 Å². The highest BCUT2D eigenvalue weighted by atomic mass is 19.1. The molecule has 5 rings (SSSR count). The summed E-state index contributed by atoms with van der Waals surface area (Å²) in [4.78, 5) is 35.7. The quantitative estimate of drug-likeness (QED) is 0.631. The number of hydrogen-bond acceptors (Lipinski definition) is 5. The Hall–Kier alpha value is -3.46. The van der Waals surface area contributed by atoms with Gasteiger partial charge in [0.1, 0.15) is 11.3 Å². The van der Waals surface area contributed by atoms with Gasteiger partial charge in [-0.2, -0.15) is 0 Å². The first-order valence-corrected chi connectivity index (χ1v) is 11.8. The van der Waals surface area contributed by atoms with Gasteiger partial charge in [0, 0.05) is 50.5 Å². The molecule has 2 aliphatic heterocycles. The highest BCUT2D eigenvalue weighted by Gasteiger charge is 2.23. The predicted octanol–water partition coefficient (Wildman–Crippen LogP) is 3.94. The number of urea groups is 1. The van der Waals surface area contributed by atoms with Crippen molar-refractivity contribution >= 4 is 28.7 Å². The number of nitrogens with one attached hydrogen (secondary N) is 1. The topological polar surface area (TPSA) is 81.9 Å². The molecule has 0 spiro atoms. The monoisotopic (exact) mass is 465 g/mol. The van der Waals surface area contributed by atoms with Crippen molar-refractivity contribution in [2.24, 2.45) is 0 Å². The van der Waals surface area contributed by atoms with E-state index in [1.165, 1.54) is 18.6 Å². The molecular formula is C25H28FN5O3. The lowest BCUT2D eigenvalue weighted by Gasteiger charge is -2.34. The molecule has 2 aromatic carbocycles.